The minimum atomic E-state index is -0.146. The fourth-order valence-electron chi connectivity index (χ4n) is 2.81. The minimum Gasteiger partial charge on any atom is -0.507 e. The maximum Gasteiger partial charge on any atom is 0.200 e. The van der Waals surface area contributed by atoms with Crippen molar-refractivity contribution in [3.05, 3.63) is 58.2 Å². The summed E-state index contributed by atoms with van der Waals surface area (Å²) in [5, 5.41) is 13.8. The van der Waals surface area contributed by atoms with Crippen molar-refractivity contribution in [2.75, 3.05) is 0 Å². The van der Waals surface area contributed by atoms with Gasteiger partial charge in [0.1, 0.15) is 10.8 Å². The van der Waals surface area contributed by atoms with Gasteiger partial charge in [0.15, 0.2) is 0 Å². The van der Waals surface area contributed by atoms with Gasteiger partial charge in [-0.2, -0.15) is 0 Å². The van der Waals surface area contributed by atoms with Gasteiger partial charge in [-0.15, -0.1) is 11.3 Å². The average Bonchev–Trinajstić information content (AvgIpc) is 3.06. The first-order chi connectivity index (χ1) is 10.7. The predicted octanol–water partition coefficient (Wildman–Crippen LogP) is 3.52. The average molecular weight is 308 g/mol. The van der Waals surface area contributed by atoms with Crippen molar-refractivity contribution in [3.63, 3.8) is 0 Å². The highest BCUT2D eigenvalue weighted by Crippen LogP contribution is 2.28. The van der Waals surface area contributed by atoms with Crippen LogP contribution in [0.25, 0.3) is 32.4 Å². The summed E-state index contributed by atoms with van der Waals surface area (Å²) in [6, 6.07) is 10.8. The van der Waals surface area contributed by atoms with E-state index in [4.69, 9.17) is 0 Å². The smallest absolute Gasteiger partial charge is 0.200 e. The molecule has 0 bridgehead atoms. The number of rotatable bonds is 1. The second-order valence-corrected chi connectivity index (χ2v) is 6.02. The number of phenols is 1. The Labute approximate surface area is 129 Å². The molecule has 0 radical (unpaired) electrons. The molecule has 4 nitrogen and oxygen atoms in total. The van der Waals surface area contributed by atoms with Crippen molar-refractivity contribution in [2.45, 2.75) is 0 Å². The molecule has 0 unspecified atom stereocenters. The van der Waals surface area contributed by atoms with Gasteiger partial charge in [-0.3, -0.25) is 4.79 Å². The molecular formula is C17H12N2O2S. The van der Waals surface area contributed by atoms with Gasteiger partial charge in [-0.1, -0.05) is 12.1 Å². The van der Waals surface area contributed by atoms with E-state index in [0.717, 1.165) is 16.1 Å². The lowest BCUT2D eigenvalue weighted by molar-refractivity contribution is 0.481. The highest BCUT2D eigenvalue weighted by atomic mass is 32.1. The summed E-state index contributed by atoms with van der Waals surface area (Å²) in [4.78, 5) is 17.0. The molecular weight excluding hydrogens is 296 g/mol. The molecule has 2 aromatic heterocycles. The summed E-state index contributed by atoms with van der Waals surface area (Å²) in [6.07, 6.45) is 1.77. The Morgan fingerprint density at radius 3 is 2.82 bits per heavy atom. The van der Waals surface area contributed by atoms with Crippen molar-refractivity contribution < 1.29 is 5.11 Å². The number of hydrogen-bond acceptors (Lipinski definition) is 4. The normalized spacial score (nSPS) is 11.3. The molecule has 0 atom stereocenters. The van der Waals surface area contributed by atoms with Crippen LogP contribution in [0, 0.1) is 0 Å². The number of nitrogens with zero attached hydrogens (tertiary/aromatic N) is 2. The van der Waals surface area contributed by atoms with Gasteiger partial charge in [0.25, 0.3) is 0 Å². The summed E-state index contributed by atoms with van der Waals surface area (Å²) in [6.45, 7) is 0. The molecule has 0 spiro atoms. The predicted molar refractivity (Wildman–Crippen MR) is 89.5 cm³/mol. The Morgan fingerprint density at radius 1 is 1.18 bits per heavy atom. The molecule has 0 aliphatic carbocycles. The van der Waals surface area contributed by atoms with Crippen LogP contribution in [-0.4, -0.2) is 14.7 Å². The summed E-state index contributed by atoms with van der Waals surface area (Å²) in [5.41, 5.74) is 2.38. The molecule has 2 heterocycles. The number of aryl methyl sites for hydroxylation is 1. The van der Waals surface area contributed by atoms with Gasteiger partial charge in [0.2, 0.25) is 5.43 Å². The summed E-state index contributed by atoms with van der Waals surface area (Å²) in [5.74, 6) is 0.0176. The van der Waals surface area contributed by atoms with Gasteiger partial charge >= 0.3 is 0 Å². The van der Waals surface area contributed by atoms with Crippen molar-refractivity contribution in [1.29, 1.82) is 0 Å². The fraction of sp³-hybridized carbons (Fsp3) is 0.0588. The number of hydrogen-bond donors (Lipinski definition) is 1. The van der Waals surface area contributed by atoms with Gasteiger partial charge in [0, 0.05) is 29.6 Å². The first kappa shape index (κ1) is 13.0. The number of fused-ring (bicyclic) bond motifs is 2. The zero-order chi connectivity index (χ0) is 15.3. The van der Waals surface area contributed by atoms with E-state index in [1.807, 2.05) is 35.2 Å². The molecule has 2 aromatic carbocycles. The zero-order valence-corrected chi connectivity index (χ0v) is 12.6. The van der Waals surface area contributed by atoms with Gasteiger partial charge in [-0.25, -0.2) is 4.98 Å². The minimum absolute atomic E-state index is 0.0176. The lowest BCUT2D eigenvalue weighted by Crippen LogP contribution is -2.09. The third-order valence-electron chi connectivity index (χ3n) is 3.89. The number of aromatic hydroxyl groups is 1. The zero-order valence-electron chi connectivity index (χ0n) is 11.8. The molecule has 0 amide bonds. The molecule has 4 aromatic rings. The third-order valence-corrected chi connectivity index (χ3v) is 4.71. The Balaban J connectivity index is 2.16. The topological polar surface area (TPSA) is 55.1 Å². The number of phenolic OH excluding ortho intramolecular Hbond substituents is 1. The first-order valence-corrected chi connectivity index (χ1v) is 7.69. The maximum atomic E-state index is 12.7. The van der Waals surface area contributed by atoms with Crippen LogP contribution in [0.1, 0.15) is 0 Å². The lowest BCUT2D eigenvalue weighted by atomic mass is 10.1. The van der Waals surface area contributed by atoms with Crippen molar-refractivity contribution in [1.82, 2.24) is 9.55 Å². The molecule has 4 rings (SSSR count). The van der Waals surface area contributed by atoms with Gasteiger partial charge < -0.3 is 9.67 Å². The lowest BCUT2D eigenvalue weighted by Gasteiger charge is -2.12. The van der Waals surface area contributed by atoms with Crippen LogP contribution in [0.3, 0.4) is 0 Å². The van der Waals surface area contributed by atoms with Gasteiger partial charge in [0.05, 0.1) is 16.4 Å². The molecule has 1 N–H and O–H groups in total. The van der Waals surface area contributed by atoms with Crippen LogP contribution in [0.4, 0.5) is 0 Å². The Hall–Kier alpha value is -2.66. The fourth-order valence-corrected chi connectivity index (χ4v) is 3.44. The van der Waals surface area contributed by atoms with Crippen LogP contribution in [-0.2, 0) is 7.05 Å². The SMILES string of the molecule is Cn1c2cc(-c3nccs3)ccc2c(=O)c2c(O)cccc21. The molecule has 0 aliphatic rings. The number of aromatic nitrogens is 2. The van der Waals surface area contributed by atoms with Crippen LogP contribution < -0.4 is 5.43 Å². The number of benzene rings is 2. The maximum absolute atomic E-state index is 12.7. The number of thiazole rings is 1. The van der Waals surface area contributed by atoms with Crippen LogP contribution >= 0.6 is 11.3 Å². The third kappa shape index (κ3) is 1.76. The van der Waals surface area contributed by atoms with E-state index in [-0.39, 0.29) is 11.2 Å². The summed E-state index contributed by atoms with van der Waals surface area (Å²) < 4.78 is 1.93. The molecule has 0 aliphatic heterocycles. The van der Waals surface area contributed by atoms with Crippen LogP contribution in [0.15, 0.2) is 52.8 Å². The molecule has 22 heavy (non-hydrogen) atoms. The molecule has 0 fully saturated rings. The van der Waals surface area contributed by atoms with Crippen molar-refractivity contribution >= 4 is 33.1 Å². The number of pyridine rings is 1. The Bertz CT molecular complexity index is 1070. The van der Waals surface area contributed by atoms with E-state index in [1.54, 1.807) is 35.7 Å². The molecule has 0 saturated carbocycles. The monoisotopic (exact) mass is 308 g/mol. The molecule has 5 heteroatoms. The standard InChI is InChI=1S/C17H12N2O2S/c1-19-12-3-2-4-14(20)15(12)16(21)11-6-5-10(9-13(11)19)17-18-7-8-22-17/h2-9,20H,1H3. The van der Waals surface area contributed by atoms with Crippen molar-refractivity contribution in [3.8, 4) is 16.3 Å². The Kier molecular flexibility index (Phi) is 2.77. The van der Waals surface area contributed by atoms with E-state index in [1.165, 1.54) is 0 Å². The van der Waals surface area contributed by atoms with Crippen LogP contribution in [0.5, 0.6) is 5.75 Å². The van der Waals surface area contributed by atoms with E-state index < -0.39 is 0 Å². The van der Waals surface area contributed by atoms with E-state index in [2.05, 4.69) is 4.98 Å². The van der Waals surface area contributed by atoms with Gasteiger partial charge in [-0.05, 0) is 24.3 Å². The van der Waals surface area contributed by atoms with Crippen LogP contribution in [0.2, 0.25) is 0 Å². The highest BCUT2D eigenvalue weighted by Gasteiger charge is 2.13. The second kappa shape index (κ2) is 4.68. The molecule has 108 valence electrons. The summed E-state index contributed by atoms with van der Waals surface area (Å²) >= 11 is 1.56. The largest absolute Gasteiger partial charge is 0.507 e. The van der Waals surface area contributed by atoms with Crippen molar-refractivity contribution in [2.24, 2.45) is 7.05 Å². The highest BCUT2D eigenvalue weighted by molar-refractivity contribution is 7.13. The second-order valence-electron chi connectivity index (χ2n) is 5.13. The summed E-state index contributed by atoms with van der Waals surface area (Å²) in [7, 11) is 1.90. The quantitative estimate of drug-likeness (QED) is 0.547. The van der Waals surface area contributed by atoms with E-state index in [0.29, 0.717) is 16.3 Å². The molecule has 0 saturated heterocycles. The Morgan fingerprint density at radius 2 is 2.05 bits per heavy atom. The van der Waals surface area contributed by atoms with E-state index in [9.17, 15) is 9.90 Å². The first-order valence-electron chi connectivity index (χ1n) is 6.81. The van der Waals surface area contributed by atoms with E-state index >= 15 is 0 Å².